The molecule has 0 aromatic heterocycles. The number of rotatable bonds is 6. The maximum atomic E-state index is 11.9. The van der Waals surface area contributed by atoms with Crippen LogP contribution in [0, 0.1) is 0 Å². The van der Waals surface area contributed by atoms with Gasteiger partial charge < -0.3 is 20.7 Å². The summed E-state index contributed by atoms with van der Waals surface area (Å²) in [6.07, 6.45) is 0.617. The molecule has 0 atom stereocenters. The quantitative estimate of drug-likeness (QED) is 0.791. The van der Waals surface area contributed by atoms with Gasteiger partial charge in [0.15, 0.2) is 0 Å². The Bertz CT molecular complexity index is 455. The van der Waals surface area contributed by atoms with Crippen molar-refractivity contribution in [2.75, 3.05) is 25.5 Å². The van der Waals surface area contributed by atoms with Crippen LogP contribution in [-0.2, 0) is 11.3 Å². The fraction of sp³-hybridized carbons (Fsp3) is 0.562. The van der Waals surface area contributed by atoms with Crippen LogP contribution in [0.5, 0.6) is 0 Å². The molecule has 1 aromatic rings. The van der Waals surface area contributed by atoms with Crippen LogP contribution < -0.4 is 11.1 Å². The van der Waals surface area contributed by atoms with Gasteiger partial charge >= 0.3 is 6.09 Å². The summed E-state index contributed by atoms with van der Waals surface area (Å²) in [7, 11) is 1.74. The van der Waals surface area contributed by atoms with E-state index in [0.29, 0.717) is 13.1 Å². The zero-order chi connectivity index (χ0) is 15.9. The van der Waals surface area contributed by atoms with Gasteiger partial charge in [0.05, 0.1) is 0 Å². The van der Waals surface area contributed by atoms with Crippen LogP contribution in [0.25, 0.3) is 0 Å². The number of amides is 1. The molecule has 0 spiro atoms. The van der Waals surface area contributed by atoms with Gasteiger partial charge in [0.25, 0.3) is 0 Å². The number of carbonyl (C=O) groups is 1. The van der Waals surface area contributed by atoms with E-state index in [1.165, 1.54) is 0 Å². The standard InChI is InChI=1S/C16H27N3O2/c1-16(2,3)21-15(20)19(4)12-13-7-5-8-14(11-13)18-10-6-9-17/h5,7-8,11,18H,6,9-10,12,17H2,1-4H3. The monoisotopic (exact) mass is 293 g/mol. The van der Waals surface area contributed by atoms with E-state index in [9.17, 15) is 4.79 Å². The molecule has 3 N–H and O–H groups in total. The van der Waals surface area contributed by atoms with E-state index in [4.69, 9.17) is 10.5 Å². The van der Waals surface area contributed by atoms with Gasteiger partial charge in [-0.3, -0.25) is 0 Å². The minimum absolute atomic E-state index is 0.316. The molecular weight excluding hydrogens is 266 g/mol. The minimum atomic E-state index is -0.475. The fourth-order valence-electron chi connectivity index (χ4n) is 1.79. The minimum Gasteiger partial charge on any atom is -0.444 e. The zero-order valence-electron chi connectivity index (χ0n) is 13.5. The van der Waals surface area contributed by atoms with E-state index in [1.807, 2.05) is 45.0 Å². The summed E-state index contributed by atoms with van der Waals surface area (Å²) >= 11 is 0. The Morgan fingerprint density at radius 2 is 2.10 bits per heavy atom. The Morgan fingerprint density at radius 1 is 1.38 bits per heavy atom. The van der Waals surface area contributed by atoms with Crippen molar-refractivity contribution in [1.29, 1.82) is 0 Å². The van der Waals surface area contributed by atoms with Crippen LogP contribution in [0.15, 0.2) is 24.3 Å². The van der Waals surface area contributed by atoms with Crippen LogP contribution in [0.4, 0.5) is 10.5 Å². The zero-order valence-corrected chi connectivity index (χ0v) is 13.5. The Kier molecular flexibility index (Phi) is 6.49. The number of ether oxygens (including phenoxy) is 1. The van der Waals surface area contributed by atoms with E-state index in [-0.39, 0.29) is 6.09 Å². The smallest absolute Gasteiger partial charge is 0.410 e. The fourth-order valence-corrected chi connectivity index (χ4v) is 1.79. The van der Waals surface area contributed by atoms with Gasteiger partial charge in [0.1, 0.15) is 5.60 Å². The van der Waals surface area contributed by atoms with Gasteiger partial charge in [-0.15, -0.1) is 0 Å². The topological polar surface area (TPSA) is 67.6 Å². The van der Waals surface area contributed by atoms with Gasteiger partial charge in [-0.25, -0.2) is 4.79 Å². The molecular formula is C16H27N3O2. The average Bonchev–Trinajstić information content (AvgIpc) is 2.37. The lowest BCUT2D eigenvalue weighted by molar-refractivity contribution is 0.0285. The third kappa shape index (κ3) is 6.99. The van der Waals surface area contributed by atoms with E-state index in [2.05, 4.69) is 5.32 Å². The number of carbonyl (C=O) groups excluding carboxylic acids is 1. The summed E-state index contributed by atoms with van der Waals surface area (Å²) < 4.78 is 5.34. The molecule has 5 heteroatoms. The second-order valence-electron chi connectivity index (χ2n) is 6.11. The van der Waals surface area contributed by atoms with Crippen LogP contribution in [0.2, 0.25) is 0 Å². The molecule has 0 bridgehead atoms. The Balaban J connectivity index is 2.57. The van der Waals surface area contributed by atoms with Gasteiger partial charge in [-0.1, -0.05) is 12.1 Å². The number of anilines is 1. The predicted molar refractivity (Wildman–Crippen MR) is 86.3 cm³/mol. The molecule has 0 saturated heterocycles. The number of hydrogen-bond donors (Lipinski definition) is 2. The normalized spacial score (nSPS) is 11.1. The third-order valence-corrected chi connectivity index (χ3v) is 2.76. The van der Waals surface area contributed by atoms with Crippen LogP contribution in [0.3, 0.4) is 0 Å². The van der Waals surface area contributed by atoms with Crippen LogP contribution in [-0.4, -0.2) is 36.7 Å². The number of nitrogens with one attached hydrogen (secondary N) is 1. The molecule has 21 heavy (non-hydrogen) atoms. The molecule has 118 valence electrons. The number of benzene rings is 1. The second-order valence-corrected chi connectivity index (χ2v) is 6.11. The third-order valence-electron chi connectivity index (χ3n) is 2.76. The van der Waals surface area contributed by atoms with Gasteiger partial charge in [-0.2, -0.15) is 0 Å². The summed E-state index contributed by atoms with van der Waals surface area (Å²) in [6, 6.07) is 8.02. The van der Waals surface area contributed by atoms with Crippen molar-refractivity contribution < 1.29 is 9.53 Å². The largest absolute Gasteiger partial charge is 0.444 e. The first-order valence-electron chi connectivity index (χ1n) is 7.29. The molecule has 0 radical (unpaired) electrons. The summed E-state index contributed by atoms with van der Waals surface area (Å²) in [4.78, 5) is 13.5. The number of nitrogens with two attached hydrogens (primary N) is 1. The lowest BCUT2D eigenvalue weighted by Crippen LogP contribution is -2.33. The Labute approximate surface area is 127 Å². The first kappa shape index (κ1) is 17.3. The van der Waals surface area contributed by atoms with Gasteiger partial charge in [0.2, 0.25) is 0 Å². The highest BCUT2D eigenvalue weighted by atomic mass is 16.6. The maximum absolute atomic E-state index is 11.9. The highest BCUT2D eigenvalue weighted by Crippen LogP contribution is 2.14. The van der Waals surface area contributed by atoms with Crippen molar-refractivity contribution in [3.63, 3.8) is 0 Å². The molecule has 0 fully saturated rings. The van der Waals surface area contributed by atoms with Crippen molar-refractivity contribution >= 4 is 11.8 Å². The molecule has 0 unspecified atom stereocenters. The van der Waals surface area contributed by atoms with Crippen molar-refractivity contribution in [2.45, 2.75) is 39.3 Å². The molecule has 1 amide bonds. The lowest BCUT2D eigenvalue weighted by atomic mass is 10.2. The summed E-state index contributed by atoms with van der Waals surface area (Å²) in [5.74, 6) is 0. The SMILES string of the molecule is CN(Cc1cccc(NCCCN)c1)C(=O)OC(C)(C)C. The average molecular weight is 293 g/mol. The highest BCUT2D eigenvalue weighted by Gasteiger charge is 2.19. The predicted octanol–water partition coefficient (Wildman–Crippen LogP) is 2.81. The summed E-state index contributed by atoms with van der Waals surface area (Å²) in [5, 5.41) is 3.31. The second kappa shape index (κ2) is 7.88. The van der Waals surface area contributed by atoms with E-state index in [0.717, 1.165) is 24.2 Å². The van der Waals surface area contributed by atoms with Crippen LogP contribution >= 0.6 is 0 Å². The van der Waals surface area contributed by atoms with E-state index >= 15 is 0 Å². The molecule has 0 heterocycles. The molecule has 5 nitrogen and oxygen atoms in total. The number of nitrogens with zero attached hydrogens (tertiary/aromatic N) is 1. The van der Waals surface area contributed by atoms with Crippen molar-refractivity contribution in [1.82, 2.24) is 4.90 Å². The first-order chi connectivity index (χ1) is 9.81. The molecule has 0 aliphatic carbocycles. The van der Waals surface area contributed by atoms with Gasteiger partial charge in [0, 0.05) is 25.8 Å². The molecule has 1 rings (SSSR count). The van der Waals surface area contributed by atoms with Crippen molar-refractivity contribution in [2.24, 2.45) is 5.73 Å². The summed E-state index contributed by atoms with van der Waals surface area (Å²) in [6.45, 7) is 7.62. The highest BCUT2D eigenvalue weighted by molar-refractivity contribution is 5.67. The first-order valence-corrected chi connectivity index (χ1v) is 7.29. The molecule has 0 saturated carbocycles. The van der Waals surface area contributed by atoms with E-state index in [1.54, 1.807) is 11.9 Å². The lowest BCUT2D eigenvalue weighted by Gasteiger charge is -2.24. The van der Waals surface area contributed by atoms with Crippen molar-refractivity contribution in [3.05, 3.63) is 29.8 Å². The van der Waals surface area contributed by atoms with Gasteiger partial charge in [-0.05, 0) is 51.4 Å². The van der Waals surface area contributed by atoms with E-state index < -0.39 is 5.60 Å². The molecule has 0 aliphatic rings. The van der Waals surface area contributed by atoms with Crippen molar-refractivity contribution in [3.8, 4) is 0 Å². The van der Waals surface area contributed by atoms with Crippen LogP contribution in [0.1, 0.15) is 32.8 Å². The molecule has 1 aromatic carbocycles. The maximum Gasteiger partial charge on any atom is 0.410 e. The Hall–Kier alpha value is -1.75. The Morgan fingerprint density at radius 3 is 2.71 bits per heavy atom. The summed E-state index contributed by atoms with van der Waals surface area (Å²) in [5.41, 5.74) is 7.10. The number of hydrogen-bond acceptors (Lipinski definition) is 4. The molecule has 0 aliphatic heterocycles.